The van der Waals surface area contributed by atoms with Gasteiger partial charge in [0.05, 0.1) is 7.11 Å². The topological polar surface area (TPSA) is 93.1 Å². The molecule has 0 aromatic heterocycles. The molecule has 1 aromatic rings. The van der Waals surface area contributed by atoms with Crippen LogP contribution >= 0.6 is 0 Å². The molecule has 0 radical (unpaired) electrons. The normalized spacial score (nSPS) is 15.0. The second kappa shape index (κ2) is 5.80. The van der Waals surface area contributed by atoms with Gasteiger partial charge in [-0.2, -0.15) is 21.6 Å². The highest BCUT2D eigenvalue weighted by Gasteiger charge is 2.49. The Kier molecular flexibility index (Phi) is 4.33. The van der Waals surface area contributed by atoms with Crippen molar-refractivity contribution >= 4 is 16.2 Å². The highest BCUT2D eigenvalue weighted by molar-refractivity contribution is 7.88. The third-order valence-electron chi connectivity index (χ3n) is 3.25. The number of benzene rings is 1. The fourth-order valence-corrected chi connectivity index (χ4v) is 2.58. The van der Waals surface area contributed by atoms with Crippen molar-refractivity contribution in [2.45, 2.75) is 18.5 Å². The first-order valence-corrected chi connectivity index (χ1v) is 7.64. The Morgan fingerprint density at radius 3 is 2.39 bits per heavy atom. The first-order chi connectivity index (χ1) is 10.5. The molecule has 0 fully saturated rings. The molecule has 23 heavy (non-hydrogen) atoms. The number of hydrogen-bond acceptors (Lipinski definition) is 5. The van der Waals surface area contributed by atoms with E-state index in [-0.39, 0.29) is 18.8 Å². The molecule has 1 heterocycles. The average Bonchev–Trinajstić information content (AvgIpc) is 2.44. The van der Waals surface area contributed by atoms with E-state index in [1.807, 2.05) is 0 Å². The van der Waals surface area contributed by atoms with E-state index in [1.165, 1.54) is 6.07 Å². The number of fused-ring (bicyclic) bond motifs is 1. The fourth-order valence-electron chi connectivity index (χ4n) is 2.12. The smallest absolute Gasteiger partial charge is 0.493 e. The summed E-state index contributed by atoms with van der Waals surface area (Å²) in [6.45, 7) is 0.129. The summed E-state index contributed by atoms with van der Waals surface area (Å²) in [4.78, 5) is 12.0. The lowest BCUT2D eigenvalue weighted by molar-refractivity contribution is -0.0500. The maximum Gasteiger partial charge on any atom is 0.534 e. The number of hydrogen-bond donors (Lipinski definition) is 1. The summed E-state index contributed by atoms with van der Waals surface area (Å²) in [6, 6.07) is 2.39. The monoisotopic (exact) mass is 355 g/mol. The van der Waals surface area contributed by atoms with Crippen molar-refractivity contribution in [2.24, 2.45) is 0 Å². The van der Waals surface area contributed by atoms with Crippen molar-refractivity contribution in [3.05, 3.63) is 23.3 Å². The van der Waals surface area contributed by atoms with Crippen LogP contribution in [0.5, 0.6) is 11.5 Å². The highest BCUT2D eigenvalue weighted by Crippen LogP contribution is 2.36. The maximum atomic E-state index is 12.4. The Bertz CT molecular complexity index is 731. The first kappa shape index (κ1) is 17.2. The van der Waals surface area contributed by atoms with Gasteiger partial charge in [0, 0.05) is 13.1 Å². The number of rotatable bonds is 3. The predicted molar refractivity (Wildman–Crippen MR) is 70.7 cm³/mol. The summed E-state index contributed by atoms with van der Waals surface area (Å²) in [5, 5.41) is 8.95. The zero-order valence-electron chi connectivity index (χ0n) is 11.8. The van der Waals surface area contributed by atoms with Crippen LogP contribution in [-0.4, -0.2) is 43.7 Å². The Balaban J connectivity index is 2.41. The van der Waals surface area contributed by atoms with Gasteiger partial charge in [0.1, 0.15) is 0 Å². The number of amides is 1. The van der Waals surface area contributed by atoms with E-state index >= 15 is 0 Å². The Hall–Kier alpha value is -2.17. The quantitative estimate of drug-likeness (QED) is 0.658. The minimum absolute atomic E-state index is 0.0862. The van der Waals surface area contributed by atoms with Gasteiger partial charge in [0.25, 0.3) is 0 Å². The summed E-state index contributed by atoms with van der Waals surface area (Å²) < 4.78 is 68.5. The molecule has 1 aromatic carbocycles. The molecule has 11 heteroatoms. The van der Waals surface area contributed by atoms with Crippen LogP contribution in [0.15, 0.2) is 12.1 Å². The number of nitrogens with zero attached hydrogens (tertiary/aromatic N) is 1. The van der Waals surface area contributed by atoms with E-state index < -0.39 is 27.5 Å². The number of alkyl halides is 3. The number of methoxy groups -OCH3 is 1. The van der Waals surface area contributed by atoms with Crippen LogP contribution in [0.2, 0.25) is 0 Å². The van der Waals surface area contributed by atoms with E-state index in [0.29, 0.717) is 17.5 Å². The van der Waals surface area contributed by atoms with Gasteiger partial charge >= 0.3 is 21.7 Å². The number of halogens is 3. The number of ether oxygens (including phenoxy) is 1. The van der Waals surface area contributed by atoms with Crippen molar-refractivity contribution in [3.8, 4) is 11.5 Å². The van der Waals surface area contributed by atoms with Gasteiger partial charge in [-0.15, -0.1) is 0 Å². The molecule has 1 N–H and O–H groups in total. The second-order valence-corrected chi connectivity index (χ2v) is 6.25. The van der Waals surface area contributed by atoms with Crippen LogP contribution in [0.1, 0.15) is 11.1 Å². The third-order valence-corrected chi connectivity index (χ3v) is 4.22. The molecule has 0 saturated heterocycles. The van der Waals surface area contributed by atoms with Crippen LogP contribution in [0, 0.1) is 0 Å². The van der Waals surface area contributed by atoms with Crippen molar-refractivity contribution in [2.75, 3.05) is 13.7 Å². The molecule has 0 atom stereocenters. The molecule has 2 rings (SSSR count). The summed E-state index contributed by atoms with van der Waals surface area (Å²) >= 11 is 0. The van der Waals surface area contributed by atoms with Gasteiger partial charge in [0.15, 0.2) is 11.5 Å². The van der Waals surface area contributed by atoms with E-state index in [4.69, 9.17) is 9.84 Å². The fraction of sp³-hybridized carbons (Fsp3) is 0.417. The molecule has 0 unspecified atom stereocenters. The van der Waals surface area contributed by atoms with E-state index in [9.17, 15) is 26.4 Å². The average molecular weight is 355 g/mol. The second-order valence-electron chi connectivity index (χ2n) is 4.71. The van der Waals surface area contributed by atoms with Crippen molar-refractivity contribution in [1.82, 2.24) is 4.90 Å². The zero-order chi connectivity index (χ0) is 17.4. The lowest BCUT2D eigenvalue weighted by Crippen LogP contribution is -2.35. The van der Waals surface area contributed by atoms with Crippen LogP contribution in [0.25, 0.3) is 0 Å². The minimum Gasteiger partial charge on any atom is -0.493 e. The van der Waals surface area contributed by atoms with Gasteiger partial charge in [0.2, 0.25) is 0 Å². The number of carboxylic acid groups (broad SMARTS) is 1. The lowest BCUT2D eigenvalue weighted by atomic mass is 9.99. The van der Waals surface area contributed by atoms with Crippen molar-refractivity contribution in [1.29, 1.82) is 0 Å². The van der Waals surface area contributed by atoms with Crippen molar-refractivity contribution < 1.29 is 40.4 Å². The highest BCUT2D eigenvalue weighted by atomic mass is 32.2. The molecule has 0 bridgehead atoms. The van der Waals surface area contributed by atoms with E-state index in [1.54, 1.807) is 0 Å². The first-order valence-electron chi connectivity index (χ1n) is 6.23. The van der Waals surface area contributed by atoms with Gasteiger partial charge in [-0.1, -0.05) is 0 Å². The van der Waals surface area contributed by atoms with Crippen molar-refractivity contribution in [3.63, 3.8) is 0 Å². The van der Waals surface area contributed by atoms with Crippen LogP contribution in [0.3, 0.4) is 0 Å². The molecule has 1 aliphatic rings. The standard InChI is InChI=1S/C12H12F3NO6S/c1-21-9-4-7-2-3-16(11(17)18)6-8(7)5-10(9)22-23(19,20)12(13,14)15/h4-5H,2-3,6H2,1H3,(H,17,18). The molecule has 128 valence electrons. The van der Waals surface area contributed by atoms with Crippen LogP contribution in [-0.2, 0) is 23.1 Å². The molecule has 0 spiro atoms. The van der Waals surface area contributed by atoms with Crippen LogP contribution in [0.4, 0.5) is 18.0 Å². The predicted octanol–water partition coefficient (Wildman–Crippen LogP) is 1.96. The Morgan fingerprint density at radius 1 is 1.26 bits per heavy atom. The lowest BCUT2D eigenvalue weighted by Gasteiger charge is -2.27. The summed E-state index contributed by atoms with van der Waals surface area (Å²) in [5.74, 6) is -0.823. The molecule has 1 aliphatic heterocycles. The van der Waals surface area contributed by atoms with Crippen LogP contribution < -0.4 is 8.92 Å². The molecule has 0 saturated carbocycles. The summed E-state index contributed by atoms with van der Waals surface area (Å²) in [6.07, 6.45) is -0.860. The SMILES string of the molecule is COc1cc2c(cc1OS(=O)(=O)C(F)(F)F)CN(C(=O)O)CC2. The summed E-state index contributed by atoms with van der Waals surface area (Å²) in [5.41, 5.74) is -4.58. The Labute approximate surface area is 129 Å². The molecular weight excluding hydrogens is 343 g/mol. The van der Waals surface area contributed by atoms with Gasteiger partial charge in [-0.3, -0.25) is 0 Å². The largest absolute Gasteiger partial charge is 0.534 e. The van der Waals surface area contributed by atoms with Gasteiger partial charge in [-0.25, -0.2) is 4.79 Å². The van der Waals surface area contributed by atoms with E-state index in [0.717, 1.165) is 18.1 Å². The minimum atomic E-state index is -5.85. The van der Waals surface area contributed by atoms with E-state index in [2.05, 4.69) is 4.18 Å². The molecule has 0 aliphatic carbocycles. The zero-order valence-corrected chi connectivity index (χ0v) is 12.6. The Morgan fingerprint density at radius 2 is 1.87 bits per heavy atom. The number of carbonyl (C=O) groups is 1. The molecule has 1 amide bonds. The van der Waals surface area contributed by atoms with Gasteiger partial charge < -0.3 is 18.9 Å². The maximum absolute atomic E-state index is 12.4. The van der Waals surface area contributed by atoms with Gasteiger partial charge in [-0.05, 0) is 29.7 Å². The molecule has 7 nitrogen and oxygen atoms in total. The summed E-state index contributed by atoms with van der Waals surface area (Å²) in [7, 11) is -4.70. The third kappa shape index (κ3) is 3.44. The molecular formula is C12H12F3NO6S.